The van der Waals surface area contributed by atoms with Crippen molar-refractivity contribution < 1.29 is 24.2 Å². The minimum Gasteiger partial charge on any atom is -0.410 e. The number of rotatable bonds is 5. The van der Waals surface area contributed by atoms with Gasteiger partial charge in [0, 0.05) is 32.5 Å². The number of amides is 2. The topological polar surface area (TPSA) is 110 Å². The van der Waals surface area contributed by atoms with Crippen molar-refractivity contribution in [2.75, 3.05) is 26.7 Å². The summed E-state index contributed by atoms with van der Waals surface area (Å²) in [7, 11) is 1.66. The van der Waals surface area contributed by atoms with E-state index < -0.39 is 12.2 Å². The van der Waals surface area contributed by atoms with Gasteiger partial charge in [0.25, 0.3) is 0 Å². The number of benzene rings is 1. The van der Waals surface area contributed by atoms with E-state index in [9.17, 15) is 14.7 Å². The normalized spacial score (nSPS) is 20.6. The third-order valence-corrected chi connectivity index (χ3v) is 6.04. The Morgan fingerprint density at radius 1 is 1.35 bits per heavy atom. The highest BCUT2D eigenvalue weighted by molar-refractivity contribution is 5.76. The second kappa shape index (κ2) is 11.9. The van der Waals surface area contributed by atoms with E-state index in [1.165, 1.54) is 4.90 Å². The maximum Gasteiger partial charge on any atom is 0.415 e. The Morgan fingerprint density at radius 3 is 2.79 bits per heavy atom. The van der Waals surface area contributed by atoms with Crippen LogP contribution in [0, 0.1) is 12.8 Å². The van der Waals surface area contributed by atoms with Gasteiger partial charge in [-0.1, -0.05) is 29.8 Å². The summed E-state index contributed by atoms with van der Waals surface area (Å²) in [6, 6.07) is 6.95. The van der Waals surface area contributed by atoms with Crippen LogP contribution in [-0.4, -0.2) is 80.8 Å². The number of aliphatic hydroxyl groups excluding tert-OH is 1. The number of hydrogen-bond donors (Lipinski definition) is 1. The number of aryl methyl sites for hydroxylation is 2. The molecule has 1 aliphatic rings. The number of likely N-dealkylation sites (N-methyl/N-ethyl adjacent to an activating group) is 1. The highest BCUT2D eigenvalue weighted by Gasteiger charge is 2.29. The van der Waals surface area contributed by atoms with E-state index in [2.05, 4.69) is 10.3 Å². The van der Waals surface area contributed by atoms with Gasteiger partial charge in [-0.05, 0) is 32.4 Å². The van der Waals surface area contributed by atoms with E-state index in [0.717, 1.165) is 5.56 Å². The molecule has 10 nitrogen and oxygen atoms in total. The number of fused-ring (bicyclic) bond motifs is 2. The maximum absolute atomic E-state index is 12.9. The lowest BCUT2D eigenvalue weighted by Crippen LogP contribution is -2.48. The summed E-state index contributed by atoms with van der Waals surface area (Å²) in [5.74, 6) is 0.318. The van der Waals surface area contributed by atoms with Gasteiger partial charge < -0.3 is 24.4 Å². The van der Waals surface area contributed by atoms with Crippen LogP contribution in [0.3, 0.4) is 0 Å². The number of ether oxygens (including phenoxy) is 2. The SMILES string of the molecule is Cc1ccc(OC(=O)N(C)C[C@@H]2OCc3cn(nn3)CCCC(=O)N([C@H](C)CO)C[C@@H]2C)cc1. The summed E-state index contributed by atoms with van der Waals surface area (Å²) in [4.78, 5) is 28.8. The van der Waals surface area contributed by atoms with Crippen LogP contribution in [-0.2, 0) is 22.7 Å². The van der Waals surface area contributed by atoms with Crippen LogP contribution in [0.5, 0.6) is 5.75 Å². The van der Waals surface area contributed by atoms with Gasteiger partial charge in [-0.3, -0.25) is 9.48 Å². The molecule has 1 N–H and O–H groups in total. The molecule has 0 fully saturated rings. The first kappa shape index (κ1) is 25.6. The third kappa shape index (κ3) is 7.01. The summed E-state index contributed by atoms with van der Waals surface area (Å²) in [6.07, 6.45) is 1.89. The molecule has 2 aromatic rings. The average molecular weight is 474 g/mol. The molecular weight excluding hydrogens is 438 g/mol. The number of aliphatic hydroxyl groups is 1. The Balaban J connectivity index is 1.75. The minimum absolute atomic E-state index is 0.0288. The Bertz CT molecular complexity index is 947. The van der Waals surface area contributed by atoms with Gasteiger partial charge in [-0.25, -0.2) is 4.79 Å². The molecule has 3 rings (SSSR count). The van der Waals surface area contributed by atoms with Crippen LogP contribution in [0.2, 0.25) is 0 Å². The van der Waals surface area contributed by atoms with Crippen LogP contribution < -0.4 is 4.74 Å². The van der Waals surface area contributed by atoms with Gasteiger partial charge in [0.05, 0.1) is 38.1 Å². The van der Waals surface area contributed by atoms with Gasteiger partial charge in [0.1, 0.15) is 11.4 Å². The molecule has 0 saturated carbocycles. The molecule has 0 unspecified atom stereocenters. The predicted molar refractivity (Wildman–Crippen MR) is 125 cm³/mol. The van der Waals surface area contributed by atoms with Crippen molar-refractivity contribution in [2.24, 2.45) is 5.92 Å². The van der Waals surface area contributed by atoms with Gasteiger partial charge in [-0.2, -0.15) is 0 Å². The minimum atomic E-state index is -0.495. The van der Waals surface area contributed by atoms with Gasteiger partial charge in [0.15, 0.2) is 0 Å². The number of nitrogens with zero attached hydrogens (tertiary/aromatic N) is 5. The lowest BCUT2D eigenvalue weighted by molar-refractivity contribution is -0.136. The molecule has 3 atom stereocenters. The molecule has 2 heterocycles. The molecular formula is C24H35N5O5. The van der Waals surface area contributed by atoms with Crippen molar-refractivity contribution in [3.8, 4) is 5.75 Å². The molecule has 1 aromatic carbocycles. The summed E-state index contributed by atoms with van der Waals surface area (Å²) in [5.41, 5.74) is 1.76. The third-order valence-electron chi connectivity index (χ3n) is 6.04. The number of aromatic nitrogens is 3. The first-order valence-corrected chi connectivity index (χ1v) is 11.7. The molecule has 10 heteroatoms. The van der Waals surface area contributed by atoms with Crippen molar-refractivity contribution in [3.63, 3.8) is 0 Å². The van der Waals surface area contributed by atoms with Crippen LogP contribution in [0.25, 0.3) is 0 Å². The first-order chi connectivity index (χ1) is 16.3. The maximum atomic E-state index is 12.9. The zero-order valence-corrected chi connectivity index (χ0v) is 20.4. The van der Waals surface area contributed by atoms with Crippen LogP contribution in [0.1, 0.15) is 37.9 Å². The van der Waals surface area contributed by atoms with Crippen LogP contribution >= 0.6 is 0 Å². The highest BCUT2D eigenvalue weighted by atomic mass is 16.6. The Labute approximate surface area is 200 Å². The molecule has 0 saturated heterocycles. The van der Waals surface area contributed by atoms with Gasteiger partial charge in [0.2, 0.25) is 5.91 Å². The fourth-order valence-electron chi connectivity index (χ4n) is 3.82. The van der Waals surface area contributed by atoms with Crippen molar-refractivity contribution in [2.45, 2.75) is 58.9 Å². The lowest BCUT2D eigenvalue weighted by atomic mass is 10.0. The number of hydrogen-bond acceptors (Lipinski definition) is 7. The van der Waals surface area contributed by atoms with Crippen molar-refractivity contribution >= 4 is 12.0 Å². The Hall–Kier alpha value is -2.98. The van der Waals surface area contributed by atoms with Crippen molar-refractivity contribution in [1.29, 1.82) is 0 Å². The second-order valence-corrected chi connectivity index (χ2v) is 9.04. The molecule has 1 aromatic heterocycles. The van der Waals surface area contributed by atoms with E-state index in [-0.39, 0.29) is 37.6 Å². The molecule has 1 aliphatic heterocycles. The average Bonchev–Trinajstić information content (AvgIpc) is 3.27. The predicted octanol–water partition coefficient (Wildman–Crippen LogP) is 2.24. The van der Waals surface area contributed by atoms with E-state index in [4.69, 9.17) is 9.47 Å². The molecule has 34 heavy (non-hydrogen) atoms. The first-order valence-electron chi connectivity index (χ1n) is 11.7. The van der Waals surface area contributed by atoms with E-state index in [0.29, 0.717) is 37.4 Å². The molecule has 0 radical (unpaired) electrons. The van der Waals surface area contributed by atoms with Crippen molar-refractivity contribution in [3.05, 3.63) is 41.7 Å². The fourth-order valence-corrected chi connectivity index (χ4v) is 3.82. The Morgan fingerprint density at radius 2 is 2.09 bits per heavy atom. The smallest absolute Gasteiger partial charge is 0.410 e. The monoisotopic (exact) mass is 473 g/mol. The standard InChI is InChI=1S/C24H35N5O5/c1-17-7-9-21(10-8-17)34-24(32)27(4)14-22-18(2)12-29(19(3)15-30)23(31)6-5-11-28-13-20(16-33-22)25-26-28/h7-10,13,18-19,22,30H,5-6,11-12,14-16H2,1-4H3/t18-,19+,22-/m0/s1. The fraction of sp³-hybridized carbons (Fsp3) is 0.583. The highest BCUT2D eigenvalue weighted by Crippen LogP contribution is 2.18. The summed E-state index contributed by atoms with van der Waals surface area (Å²) >= 11 is 0. The molecule has 0 spiro atoms. The Kier molecular flexibility index (Phi) is 9.00. The molecule has 186 valence electrons. The summed E-state index contributed by atoms with van der Waals surface area (Å²) < 4.78 is 13.4. The largest absolute Gasteiger partial charge is 0.415 e. The molecule has 2 amide bonds. The zero-order chi connectivity index (χ0) is 24.7. The van der Waals surface area contributed by atoms with Crippen LogP contribution in [0.15, 0.2) is 30.5 Å². The molecule has 0 aliphatic carbocycles. The van der Waals surface area contributed by atoms with E-state index >= 15 is 0 Å². The van der Waals surface area contributed by atoms with Crippen molar-refractivity contribution in [1.82, 2.24) is 24.8 Å². The van der Waals surface area contributed by atoms with Crippen LogP contribution in [0.4, 0.5) is 4.79 Å². The van der Waals surface area contributed by atoms with Gasteiger partial charge in [-0.15, -0.1) is 5.10 Å². The second-order valence-electron chi connectivity index (χ2n) is 9.04. The molecule has 2 bridgehead atoms. The number of carbonyl (C=O) groups is 2. The summed E-state index contributed by atoms with van der Waals surface area (Å²) in [6.45, 7) is 7.11. The van der Waals surface area contributed by atoms with E-state index in [1.54, 1.807) is 28.8 Å². The quantitative estimate of drug-likeness (QED) is 0.709. The number of carbonyl (C=O) groups excluding carboxylic acids is 2. The summed E-state index contributed by atoms with van der Waals surface area (Å²) in [5, 5.41) is 18.0. The lowest BCUT2D eigenvalue weighted by Gasteiger charge is -2.35. The van der Waals surface area contributed by atoms with E-state index in [1.807, 2.05) is 39.1 Å². The van der Waals surface area contributed by atoms with Gasteiger partial charge >= 0.3 is 6.09 Å². The zero-order valence-electron chi connectivity index (χ0n) is 20.4.